The lowest BCUT2D eigenvalue weighted by atomic mass is 10.1. The van der Waals surface area contributed by atoms with Crippen molar-refractivity contribution in [2.45, 2.75) is 51.1 Å². The number of carbonyl (C=O) groups is 4. The Morgan fingerprint density at radius 1 is 0.895 bits per heavy atom. The third-order valence-corrected chi connectivity index (χ3v) is 5.72. The van der Waals surface area contributed by atoms with Gasteiger partial charge >= 0.3 is 0 Å². The molecule has 3 rings (SSSR count). The normalized spacial score (nSPS) is 15.9. The number of aryl methyl sites for hydroxylation is 2. The molecule has 10 heteroatoms. The molecule has 0 aliphatic carbocycles. The second-order valence-electron chi connectivity index (χ2n) is 9.06. The van der Waals surface area contributed by atoms with E-state index < -0.39 is 11.8 Å². The highest BCUT2D eigenvalue weighted by Gasteiger charge is 2.25. The van der Waals surface area contributed by atoms with E-state index in [1.807, 2.05) is 30.3 Å². The molecule has 38 heavy (non-hydrogen) atoms. The summed E-state index contributed by atoms with van der Waals surface area (Å²) < 4.78 is 12.7. The van der Waals surface area contributed by atoms with Crippen molar-refractivity contribution in [1.29, 1.82) is 0 Å². The van der Waals surface area contributed by atoms with Gasteiger partial charge < -0.3 is 27.0 Å². The maximum Gasteiger partial charge on any atom is 0.239 e. The summed E-state index contributed by atoms with van der Waals surface area (Å²) in [5.74, 6) is -1.67. The number of nitrogens with one attached hydrogen (secondary N) is 4. The molecular weight excluding hydrogens is 489 g/mol. The molecule has 6 N–H and O–H groups in total. The molecule has 0 bridgehead atoms. The fraction of sp³-hybridized carbons (Fsp3) is 0.357. The molecule has 2 aromatic carbocycles. The highest BCUT2D eigenvalue weighted by Crippen LogP contribution is 2.15. The highest BCUT2D eigenvalue weighted by atomic mass is 19.1. The molecule has 4 amide bonds. The summed E-state index contributed by atoms with van der Waals surface area (Å²) in [5.41, 5.74) is 7.81. The van der Waals surface area contributed by atoms with Crippen molar-refractivity contribution in [3.05, 3.63) is 83.8 Å². The topological polar surface area (TPSA) is 142 Å². The average molecular weight is 526 g/mol. The predicted molar refractivity (Wildman–Crippen MR) is 143 cm³/mol. The first kappa shape index (κ1) is 30.0. The molecule has 0 spiro atoms. The van der Waals surface area contributed by atoms with Crippen LogP contribution >= 0.6 is 0 Å². The quantitative estimate of drug-likeness (QED) is 0.302. The van der Waals surface area contributed by atoms with E-state index in [2.05, 4.69) is 34.8 Å². The summed E-state index contributed by atoms with van der Waals surface area (Å²) in [6.07, 6.45) is 2.89. The number of benzene rings is 2. The van der Waals surface area contributed by atoms with Gasteiger partial charge in [0.05, 0.1) is 19.1 Å². The molecule has 1 heterocycles. The van der Waals surface area contributed by atoms with Crippen molar-refractivity contribution < 1.29 is 23.6 Å². The van der Waals surface area contributed by atoms with Gasteiger partial charge in [-0.2, -0.15) is 0 Å². The van der Waals surface area contributed by atoms with Crippen LogP contribution < -0.4 is 27.0 Å². The largest absolute Gasteiger partial charge is 0.385 e. The lowest BCUT2D eigenvalue weighted by Crippen LogP contribution is -2.40. The third-order valence-electron chi connectivity index (χ3n) is 5.72. The van der Waals surface area contributed by atoms with Crippen molar-refractivity contribution in [3.63, 3.8) is 0 Å². The Bertz CT molecular complexity index is 1090. The lowest BCUT2D eigenvalue weighted by Gasteiger charge is -2.12. The predicted octanol–water partition coefficient (Wildman–Crippen LogP) is 1.48. The minimum Gasteiger partial charge on any atom is -0.385 e. The monoisotopic (exact) mass is 525 g/mol. The maximum absolute atomic E-state index is 12.7. The Kier molecular flexibility index (Phi) is 12.5. The molecule has 1 aliphatic rings. The molecule has 204 valence electrons. The Morgan fingerprint density at radius 2 is 1.47 bits per heavy atom. The number of rotatable bonds is 11. The van der Waals surface area contributed by atoms with Crippen molar-refractivity contribution >= 4 is 23.6 Å². The second kappa shape index (κ2) is 15.8. The fourth-order valence-electron chi connectivity index (χ4n) is 3.71. The average Bonchev–Trinajstić information content (AvgIpc) is 3.21. The van der Waals surface area contributed by atoms with Crippen molar-refractivity contribution in [2.75, 3.05) is 13.1 Å². The Hall–Kier alpha value is -4.21. The number of primary amides is 1. The van der Waals surface area contributed by atoms with E-state index in [0.717, 1.165) is 24.1 Å². The van der Waals surface area contributed by atoms with Gasteiger partial charge in [0, 0.05) is 24.6 Å². The zero-order valence-electron chi connectivity index (χ0n) is 21.6. The molecule has 0 aromatic heterocycles. The standard InChI is InChI=1S/C15H20N2O.C13H16FN3O3/c1-11-10-14(12(2)16-11)17-15(18)9-8-13-6-4-3-5-7-13;14-10-4-1-9(2-5-10)3-6-12(19)17-8-13(20)16-7-11(15)18/h3-7,11,14,16H,2,8-10H2,1H3,(H,17,18);1-2,4-5H,3,6-8H2,(H2,15,18)(H,16,20)(H,17,19). The summed E-state index contributed by atoms with van der Waals surface area (Å²) in [6, 6.07) is 16.4. The molecule has 1 fully saturated rings. The van der Waals surface area contributed by atoms with Crippen LogP contribution in [0.5, 0.6) is 0 Å². The van der Waals surface area contributed by atoms with Gasteiger partial charge in [0.1, 0.15) is 5.82 Å². The Morgan fingerprint density at radius 3 is 2.05 bits per heavy atom. The van der Waals surface area contributed by atoms with E-state index in [4.69, 9.17) is 5.73 Å². The van der Waals surface area contributed by atoms with Gasteiger partial charge in [0.15, 0.2) is 0 Å². The van der Waals surface area contributed by atoms with Crippen LogP contribution in [0.3, 0.4) is 0 Å². The number of carbonyl (C=O) groups excluding carboxylic acids is 4. The summed E-state index contributed by atoms with van der Waals surface area (Å²) in [5, 5.41) is 10.9. The van der Waals surface area contributed by atoms with E-state index in [1.165, 1.54) is 17.7 Å². The Labute approximate surface area is 222 Å². The summed E-state index contributed by atoms with van der Waals surface area (Å²) in [6.45, 7) is 5.56. The van der Waals surface area contributed by atoms with Gasteiger partial charge in [-0.15, -0.1) is 0 Å². The molecule has 1 saturated heterocycles. The first-order valence-corrected chi connectivity index (χ1v) is 12.5. The number of hydrogen-bond acceptors (Lipinski definition) is 5. The van der Waals surface area contributed by atoms with Crippen molar-refractivity contribution in [3.8, 4) is 0 Å². The van der Waals surface area contributed by atoms with Gasteiger partial charge in [-0.05, 0) is 49.4 Å². The molecule has 1 aliphatic heterocycles. The zero-order valence-corrected chi connectivity index (χ0v) is 21.6. The fourth-order valence-corrected chi connectivity index (χ4v) is 3.71. The summed E-state index contributed by atoms with van der Waals surface area (Å²) in [7, 11) is 0. The van der Waals surface area contributed by atoms with Crippen LogP contribution in [0.25, 0.3) is 0 Å². The molecule has 9 nitrogen and oxygen atoms in total. The molecule has 2 unspecified atom stereocenters. The van der Waals surface area contributed by atoms with E-state index in [-0.39, 0.29) is 43.2 Å². The first-order valence-electron chi connectivity index (χ1n) is 12.5. The summed E-state index contributed by atoms with van der Waals surface area (Å²) >= 11 is 0. The van der Waals surface area contributed by atoms with Gasteiger partial charge in [-0.3, -0.25) is 19.2 Å². The van der Waals surface area contributed by atoms with Gasteiger partial charge in [-0.1, -0.05) is 49.0 Å². The first-order chi connectivity index (χ1) is 18.1. The van der Waals surface area contributed by atoms with Gasteiger partial charge in [0.25, 0.3) is 0 Å². The number of amides is 4. The third kappa shape index (κ3) is 12.2. The van der Waals surface area contributed by atoms with E-state index in [0.29, 0.717) is 18.9 Å². The van der Waals surface area contributed by atoms with Crippen LogP contribution in [0.2, 0.25) is 0 Å². The number of halogens is 1. The van der Waals surface area contributed by atoms with Crippen LogP contribution in [0.4, 0.5) is 4.39 Å². The maximum atomic E-state index is 12.7. The summed E-state index contributed by atoms with van der Waals surface area (Å²) in [4.78, 5) is 44.9. The smallest absolute Gasteiger partial charge is 0.239 e. The second-order valence-corrected chi connectivity index (χ2v) is 9.06. The number of nitrogens with two attached hydrogens (primary N) is 1. The molecule has 0 radical (unpaired) electrons. The van der Waals surface area contributed by atoms with Gasteiger partial charge in [-0.25, -0.2) is 4.39 Å². The SMILES string of the molecule is C=C1NC(C)CC1NC(=O)CCc1ccccc1.NC(=O)CNC(=O)CNC(=O)CCc1ccc(F)cc1. The van der Waals surface area contributed by atoms with Crippen molar-refractivity contribution in [1.82, 2.24) is 21.3 Å². The highest BCUT2D eigenvalue weighted by molar-refractivity contribution is 5.87. The van der Waals surface area contributed by atoms with Crippen LogP contribution in [0, 0.1) is 5.82 Å². The minimum atomic E-state index is -0.652. The number of hydrogen-bond donors (Lipinski definition) is 5. The molecule has 0 saturated carbocycles. The Balaban J connectivity index is 0.000000268. The lowest BCUT2D eigenvalue weighted by molar-refractivity contribution is -0.127. The van der Waals surface area contributed by atoms with Crippen LogP contribution in [0.1, 0.15) is 37.3 Å². The molecule has 2 aromatic rings. The van der Waals surface area contributed by atoms with Crippen LogP contribution in [-0.4, -0.2) is 48.8 Å². The van der Waals surface area contributed by atoms with E-state index in [1.54, 1.807) is 12.1 Å². The van der Waals surface area contributed by atoms with Crippen LogP contribution in [-0.2, 0) is 32.0 Å². The van der Waals surface area contributed by atoms with Crippen molar-refractivity contribution in [2.24, 2.45) is 5.73 Å². The van der Waals surface area contributed by atoms with Crippen LogP contribution in [0.15, 0.2) is 66.9 Å². The van der Waals surface area contributed by atoms with E-state index >= 15 is 0 Å². The van der Waals surface area contributed by atoms with E-state index in [9.17, 15) is 23.6 Å². The van der Waals surface area contributed by atoms with Gasteiger partial charge in [0.2, 0.25) is 23.6 Å². The molecular formula is C28H36FN5O4. The minimum absolute atomic E-state index is 0.0864. The zero-order chi connectivity index (χ0) is 27.9. The molecule has 2 atom stereocenters.